The molecule has 2 heteroatoms. The second kappa shape index (κ2) is 9.00. The highest BCUT2D eigenvalue weighted by molar-refractivity contribution is 5.16. The van der Waals surface area contributed by atoms with Crippen LogP contribution in [0.5, 0.6) is 0 Å². The predicted molar refractivity (Wildman–Crippen MR) is 102 cm³/mol. The van der Waals surface area contributed by atoms with E-state index in [-0.39, 0.29) is 0 Å². The number of benzene rings is 2. The molecule has 0 aromatic heterocycles. The molecule has 1 aliphatic rings. The van der Waals surface area contributed by atoms with Crippen LogP contribution in [0.25, 0.3) is 0 Å². The minimum Gasteiger partial charge on any atom is -0.303 e. The van der Waals surface area contributed by atoms with Crippen LogP contribution < -0.4 is 0 Å². The van der Waals surface area contributed by atoms with Gasteiger partial charge in [0.05, 0.1) is 0 Å². The summed E-state index contributed by atoms with van der Waals surface area (Å²) in [4.78, 5) is 5.30. The molecule has 1 aliphatic heterocycles. The maximum absolute atomic E-state index is 2.72. The Morgan fingerprint density at radius 2 is 1.46 bits per heavy atom. The highest BCUT2D eigenvalue weighted by Gasteiger charge is 2.23. The van der Waals surface area contributed by atoms with Crippen LogP contribution in [0.15, 0.2) is 60.7 Å². The Morgan fingerprint density at radius 1 is 0.875 bits per heavy atom. The van der Waals surface area contributed by atoms with Gasteiger partial charge in [0.15, 0.2) is 0 Å². The third kappa shape index (κ3) is 4.93. The molecule has 2 aromatic rings. The first-order valence-corrected chi connectivity index (χ1v) is 9.39. The van der Waals surface area contributed by atoms with Crippen LogP contribution in [0.2, 0.25) is 0 Å². The first-order chi connectivity index (χ1) is 11.8. The molecular weight excluding hydrogens is 292 g/mol. The predicted octanol–water partition coefficient (Wildman–Crippen LogP) is 4.22. The minimum atomic E-state index is 0.719. The number of piperidine rings is 1. The monoisotopic (exact) mass is 322 g/mol. The van der Waals surface area contributed by atoms with Crippen LogP contribution in [0, 0.1) is 0 Å². The van der Waals surface area contributed by atoms with E-state index < -0.39 is 0 Å². The Morgan fingerprint density at radius 3 is 2.04 bits per heavy atom. The first-order valence-electron chi connectivity index (χ1n) is 9.39. The topological polar surface area (TPSA) is 6.48 Å². The fourth-order valence-electron chi connectivity index (χ4n) is 3.73. The smallest absolute Gasteiger partial charge is 0.0236 e. The Balaban J connectivity index is 1.64. The lowest BCUT2D eigenvalue weighted by atomic mass is 10.0. The highest BCUT2D eigenvalue weighted by atomic mass is 15.2. The van der Waals surface area contributed by atoms with Crippen LogP contribution in [-0.4, -0.2) is 42.0 Å². The van der Waals surface area contributed by atoms with E-state index in [0.717, 1.165) is 25.6 Å². The molecule has 2 nitrogen and oxygen atoms in total. The molecule has 24 heavy (non-hydrogen) atoms. The summed E-state index contributed by atoms with van der Waals surface area (Å²) in [6.45, 7) is 8.18. The van der Waals surface area contributed by atoms with Crippen molar-refractivity contribution < 1.29 is 0 Å². The van der Waals surface area contributed by atoms with E-state index in [4.69, 9.17) is 0 Å². The molecule has 2 aromatic carbocycles. The van der Waals surface area contributed by atoms with Crippen molar-refractivity contribution in [1.82, 2.24) is 9.80 Å². The number of hydrogen-bond donors (Lipinski definition) is 0. The van der Waals surface area contributed by atoms with Crippen molar-refractivity contribution >= 4 is 0 Å². The fraction of sp³-hybridized carbons (Fsp3) is 0.455. The molecule has 3 rings (SSSR count). The van der Waals surface area contributed by atoms with Crippen LogP contribution in [0.4, 0.5) is 0 Å². The van der Waals surface area contributed by atoms with Crippen LogP contribution in [0.1, 0.15) is 30.9 Å². The quantitative estimate of drug-likeness (QED) is 0.753. The van der Waals surface area contributed by atoms with Crippen molar-refractivity contribution in [2.45, 2.75) is 38.8 Å². The van der Waals surface area contributed by atoms with Crippen molar-refractivity contribution in [2.75, 3.05) is 26.2 Å². The molecule has 1 heterocycles. The molecule has 0 N–H and O–H groups in total. The second-order valence-corrected chi connectivity index (χ2v) is 6.86. The summed E-state index contributed by atoms with van der Waals surface area (Å²) < 4.78 is 0. The summed E-state index contributed by atoms with van der Waals surface area (Å²) >= 11 is 0. The summed E-state index contributed by atoms with van der Waals surface area (Å²) in [6, 6.07) is 22.6. The zero-order valence-electron chi connectivity index (χ0n) is 14.9. The summed E-state index contributed by atoms with van der Waals surface area (Å²) in [5.74, 6) is 0. The van der Waals surface area contributed by atoms with Gasteiger partial charge in [0.2, 0.25) is 0 Å². The van der Waals surface area contributed by atoms with E-state index in [2.05, 4.69) is 77.4 Å². The summed E-state index contributed by atoms with van der Waals surface area (Å²) in [5.41, 5.74) is 2.88. The van der Waals surface area contributed by atoms with E-state index in [1.165, 1.54) is 43.6 Å². The molecular formula is C22H30N2. The zero-order valence-corrected chi connectivity index (χ0v) is 14.9. The molecule has 0 aliphatic carbocycles. The van der Waals surface area contributed by atoms with Crippen molar-refractivity contribution in [3.63, 3.8) is 0 Å². The number of rotatable bonds is 7. The molecule has 0 radical (unpaired) electrons. The minimum absolute atomic E-state index is 0.719. The standard InChI is InChI=1S/C22H30N2/c1-2-23-16-14-22(15-17-23)24(19-21-11-7-4-8-12-21)18-13-20-9-5-3-6-10-20/h3-12,22H,2,13-19H2,1H3. The lowest BCUT2D eigenvalue weighted by Crippen LogP contribution is -2.45. The van der Waals surface area contributed by atoms with Gasteiger partial charge in [-0.15, -0.1) is 0 Å². The molecule has 1 fully saturated rings. The number of nitrogens with zero attached hydrogens (tertiary/aromatic N) is 2. The van der Waals surface area contributed by atoms with Gasteiger partial charge in [0.25, 0.3) is 0 Å². The summed E-state index contributed by atoms with van der Waals surface area (Å²) in [5, 5.41) is 0. The van der Waals surface area contributed by atoms with Gasteiger partial charge in [-0.2, -0.15) is 0 Å². The van der Waals surface area contributed by atoms with Crippen molar-refractivity contribution in [3.8, 4) is 0 Å². The molecule has 0 atom stereocenters. The average Bonchev–Trinajstić information content (AvgIpc) is 2.67. The molecule has 0 spiro atoms. The largest absolute Gasteiger partial charge is 0.303 e. The van der Waals surface area contributed by atoms with Gasteiger partial charge in [-0.05, 0) is 50.0 Å². The van der Waals surface area contributed by atoms with Crippen molar-refractivity contribution in [1.29, 1.82) is 0 Å². The Labute approximate surface area is 147 Å². The summed E-state index contributed by atoms with van der Waals surface area (Å²) in [7, 11) is 0. The van der Waals surface area contributed by atoms with Gasteiger partial charge in [-0.1, -0.05) is 67.6 Å². The third-order valence-electron chi connectivity index (χ3n) is 5.28. The van der Waals surface area contributed by atoms with Crippen LogP contribution in [-0.2, 0) is 13.0 Å². The van der Waals surface area contributed by atoms with Crippen molar-refractivity contribution in [2.24, 2.45) is 0 Å². The Hall–Kier alpha value is -1.64. The van der Waals surface area contributed by atoms with Gasteiger partial charge < -0.3 is 4.90 Å². The van der Waals surface area contributed by atoms with E-state index in [1.54, 1.807) is 0 Å². The average molecular weight is 322 g/mol. The molecule has 128 valence electrons. The lowest BCUT2D eigenvalue weighted by Gasteiger charge is -2.38. The van der Waals surface area contributed by atoms with Gasteiger partial charge >= 0.3 is 0 Å². The molecule has 0 unspecified atom stereocenters. The maximum atomic E-state index is 2.72. The number of likely N-dealkylation sites (tertiary alicyclic amines) is 1. The normalized spacial score (nSPS) is 16.6. The SMILES string of the molecule is CCN1CCC(N(CCc2ccccc2)Cc2ccccc2)CC1. The second-order valence-electron chi connectivity index (χ2n) is 6.86. The van der Waals surface area contributed by atoms with Crippen LogP contribution >= 0.6 is 0 Å². The maximum Gasteiger partial charge on any atom is 0.0236 e. The third-order valence-corrected chi connectivity index (χ3v) is 5.28. The molecule has 0 bridgehead atoms. The van der Waals surface area contributed by atoms with Gasteiger partial charge in [0.1, 0.15) is 0 Å². The van der Waals surface area contributed by atoms with Crippen LogP contribution in [0.3, 0.4) is 0 Å². The molecule has 0 amide bonds. The van der Waals surface area contributed by atoms with Gasteiger partial charge in [0, 0.05) is 19.1 Å². The lowest BCUT2D eigenvalue weighted by molar-refractivity contribution is 0.106. The van der Waals surface area contributed by atoms with Gasteiger partial charge in [-0.3, -0.25) is 4.90 Å². The van der Waals surface area contributed by atoms with E-state index >= 15 is 0 Å². The van der Waals surface area contributed by atoms with Gasteiger partial charge in [-0.25, -0.2) is 0 Å². The fourth-order valence-corrected chi connectivity index (χ4v) is 3.73. The first kappa shape index (κ1) is 17.2. The highest BCUT2D eigenvalue weighted by Crippen LogP contribution is 2.19. The number of hydrogen-bond acceptors (Lipinski definition) is 2. The summed E-state index contributed by atoms with van der Waals surface area (Å²) in [6.07, 6.45) is 3.74. The Bertz CT molecular complexity index is 573. The Kier molecular flexibility index (Phi) is 6.45. The van der Waals surface area contributed by atoms with E-state index in [1.807, 2.05) is 0 Å². The molecule has 0 saturated carbocycles. The zero-order chi connectivity index (χ0) is 16.6. The van der Waals surface area contributed by atoms with E-state index in [9.17, 15) is 0 Å². The molecule has 1 saturated heterocycles. The van der Waals surface area contributed by atoms with Crippen molar-refractivity contribution in [3.05, 3.63) is 71.8 Å². The van der Waals surface area contributed by atoms with E-state index in [0.29, 0.717) is 0 Å².